The third-order valence-corrected chi connectivity index (χ3v) is 6.20. The van der Waals surface area contributed by atoms with Crippen molar-refractivity contribution in [3.05, 3.63) is 87.5 Å². The summed E-state index contributed by atoms with van der Waals surface area (Å²) in [5.41, 5.74) is 4.98. The Bertz CT molecular complexity index is 1100. The molecular weight excluding hydrogens is 408 g/mol. The molecule has 6 heteroatoms. The summed E-state index contributed by atoms with van der Waals surface area (Å²) in [5, 5.41) is 0.705. The molecular formula is C22H17ClN2OS2. The van der Waals surface area contributed by atoms with Crippen LogP contribution in [-0.2, 0) is 4.79 Å². The number of hydrogen-bond acceptors (Lipinski definition) is 3. The van der Waals surface area contributed by atoms with E-state index >= 15 is 0 Å². The predicted octanol–water partition coefficient (Wildman–Crippen LogP) is 6.15. The number of carbonyl (C=O) groups excluding carboxylic acids is 1. The van der Waals surface area contributed by atoms with Crippen LogP contribution in [0.3, 0.4) is 0 Å². The summed E-state index contributed by atoms with van der Waals surface area (Å²) in [6.45, 7) is 4.10. The Kier molecular flexibility index (Phi) is 5.15. The fraction of sp³-hybridized carbons (Fsp3) is 0.0909. The normalized spacial score (nSPS) is 15.7. The van der Waals surface area contributed by atoms with Gasteiger partial charge in [0.05, 0.1) is 10.6 Å². The maximum Gasteiger partial charge on any atom is 0.270 e. The van der Waals surface area contributed by atoms with Crippen LogP contribution in [0.15, 0.2) is 65.6 Å². The van der Waals surface area contributed by atoms with Gasteiger partial charge in [-0.2, -0.15) is 0 Å². The van der Waals surface area contributed by atoms with Crippen molar-refractivity contribution in [3.8, 4) is 5.69 Å². The molecule has 1 aromatic heterocycles. The van der Waals surface area contributed by atoms with Gasteiger partial charge in [-0.1, -0.05) is 53.8 Å². The molecule has 3 nitrogen and oxygen atoms in total. The highest BCUT2D eigenvalue weighted by Gasteiger charge is 2.33. The van der Waals surface area contributed by atoms with Crippen LogP contribution in [0.25, 0.3) is 11.8 Å². The largest absolute Gasteiger partial charge is 0.318 e. The summed E-state index contributed by atoms with van der Waals surface area (Å²) < 4.78 is 2.70. The van der Waals surface area contributed by atoms with Crippen molar-refractivity contribution in [2.75, 3.05) is 4.90 Å². The molecule has 0 radical (unpaired) electrons. The number of thioether (sulfide) groups is 1. The molecule has 2 aromatic carbocycles. The number of nitrogens with zero attached hydrogens (tertiary/aromatic N) is 2. The molecule has 1 aliphatic rings. The maximum absolute atomic E-state index is 13.0. The molecule has 1 fully saturated rings. The minimum absolute atomic E-state index is 0.0857. The minimum atomic E-state index is -0.0857. The van der Waals surface area contributed by atoms with Crippen molar-refractivity contribution in [1.82, 2.24) is 4.57 Å². The van der Waals surface area contributed by atoms with Gasteiger partial charge >= 0.3 is 0 Å². The highest BCUT2D eigenvalue weighted by Crippen LogP contribution is 2.36. The van der Waals surface area contributed by atoms with Gasteiger partial charge in [0.2, 0.25) is 0 Å². The summed E-state index contributed by atoms with van der Waals surface area (Å²) in [5.74, 6) is -0.0857. The highest BCUT2D eigenvalue weighted by molar-refractivity contribution is 8.27. The number of hydrogen-bond donors (Lipinski definition) is 0. The second kappa shape index (κ2) is 7.59. The number of para-hydroxylation sites is 1. The summed E-state index contributed by atoms with van der Waals surface area (Å²) in [6.07, 6.45) is 1.93. The lowest BCUT2D eigenvalue weighted by Crippen LogP contribution is -2.27. The third kappa shape index (κ3) is 3.41. The Morgan fingerprint density at radius 3 is 2.36 bits per heavy atom. The van der Waals surface area contributed by atoms with Gasteiger partial charge in [-0.05, 0) is 68.0 Å². The third-order valence-electron chi connectivity index (χ3n) is 4.65. The second-order valence-electron chi connectivity index (χ2n) is 6.49. The van der Waals surface area contributed by atoms with Gasteiger partial charge in [-0.15, -0.1) is 0 Å². The van der Waals surface area contributed by atoms with Gasteiger partial charge in [0.1, 0.15) is 0 Å². The standard InChI is InChI=1S/C22H17ClN2OS2/c1-14-12-16(15(2)24(14)19-10-8-17(23)9-11-19)13-20-21(26)25(22(27)28-20)18-6-4-3-5-7-18/h3-13H,1-2H3/b20-13+. The summed E-state index contributed by atoms with van der Waals surface area (Å²) in [6, 6.07) is 19.3. The topological polar surface area (TPSA) is 25.2 Å². The van der Waals surface area contributed by atoms with Crippen LogP contribution < -0.4 is 4.90 Å². The Balaban J connectivity index is 1.70. The molecule has 4 rings (SSSR count). The van der Waals surface area contributed by atoms with E-state index in [1.807, 2.05) is 74.5 Å². The fourth-order valence-electron chi connectivity index (χ4n) is 3.33. The van der Waals surface area contributed by atoms with Crippen LogP contribution in [0.4, 0.5) is 5.69 Å². The van der Waals surface area contributed by atoms with Gasteiger partial charge in [0.15, 0.2) is 4.32 Å². The van der Waals surface area contributed by atoms with E-state index in [0.29, 0.717) is 14.2 Å². The quantitative estimate of drug-likeness (QED) is 0.372. The van der Waals surface area contributed by atoms with E-state index < -0.39 is 0 Å². The molecule has 28 heavy (non-hydrogen) atoms. The number of benzene rings is 2. The lowest BCUT2D eigenvalue weighted by molar-refractivity contribution is -0.113. The van der Waals surface area contributed by atoms with Crippen molar-refractivity contribution in [1.29, 1.82) is 0 Å². The van der Waals surface area contributed by atoms with Crippen molar-refractivity contribution < 1.29 is 4.79 Å². The first-order valence-electron chi connectivity index (χ1n) is 8.73. The number of carbonyl (C=O) groups is 1. The molecule has 0 atom stereocenters. The molecule has 0 N–H and O–H groups in total. The van der Waals surface area contributed by atoms with Crippen LogP contribution in [0.1, 0.15) is 17.0 Å². The summed E-state index contributed by atoms with van der Waals surface area (Å²) in [7, 11) is 0. The molecule has 0 aliphatic carbocycles. The Morgan fingerprint density at radius 1 is 1.00 bits per heavy atom. The highest BCUT2D eigenvalue weighted by atomic mass is 35.5. The maximum atomic E-state index is 13.0. The van der Waals surface area contributed by atoms with E-state index in [9.17, 15) is 4.79 Å². The van der Waals surface area contributed by atoms with Crippen LogP contribution in [-0.4, -0.2) is 14.8 Å². The van der Waals surface area contributed by atoms with E-state index in [2.05, 4.69) is 10.6 Å². The number of amides is 1. The molecule has 0 saturated carbocycles. The first-order valence-corrected chi connectivity index (χ1v) is 10.3. The number of rotatable bonds is 3. The monoisotopic (exact) mass is 424 g/mol. The lowest BCUT2D eigenvalue weighted by Gasteiger charge is -2.13. The van der Waals surface area contributed by atoms with Crippen LogP contribution >= 0.6 is 35.6 Å². The molecule has 2 heterocycles. The van der Waals surface area contributed by atoms with Crippen LogP contribution in [0.2, 0.25) is 5.02 Å². The molecule has 0 unspecified atom stereocenters. The molecule has 140 valence electrons. The summed E-state index contributed by atoms with van der Waals surface area (Å²) in [4.78, 5) is 15.2. The minimum Gasteiger partial charge on any atom is -0.318 e. The number of halogens is 1. The van der Waals surface area contributed by atoms with Crippen molar-refractivity contribution >= 4 is 57.6 Å². The number of thiocarbonyl (C=S) groups is 1. The van der Waals surface area contributed by atoms with Gasteiger partial charge < -0.3 is 4.57 Å². The van der Waals surface area contributed by atoms with E-state index in [4.69, 9.17) is 23.8 Å². The summed E-state index contributed by atoms with van der Waals surface area (Å²) >= 11 is 12.8. The van der Waals surface area contributed by atoms with E-state index in [1.165, 1.54) is 11.8 Å². The van der Waals surface area contributed by atoms with Crippen molar-refractivity contribution in [3.63, 3.8) is 0 Å². The first kappa shape index (κ1) is 19.0. The first-order chi connectivity index (χ1) is 13.5. The molecule has 0 bridgehead atoms. The number of anilines is 1. The molecule has 1 aliphatic heterocycles. The van der Waals surface area contributed by atoms with E-state index in [-0.39, 0.29) is 5.91 Å². The number of aryl methyl sites for hydroxylation is 1. The average Bonchev–Trinajstić information content (AvgIpc) is 3.12. The zero-order chi connectivity index (χ0) is 19.8. The molecule has 0 spiro atoms. The Labute approximate surface area is 178 Å². The van der Waals surface area contributed by atoms with Gasteiger partial charge in [-0.3, -0.25) is 9.69 Å². The zero-order valence-corrected chi connectivity index (χ0v) is 17.7. The Hall–Kier alpha value is -2.34. The number of aromatic nitrogens is 1. The molecule has 1 saturated heterocycles. The SMILES string of the molecule is Cc1cc(/C=C2/SC(=S)N(c3ccccc3)C2=O)c(C)n1-c1ccc(Cl)cc1. The fourth-order valence-corrected chi connectivity index (χ4v) is 4.75. The van der Waals surface area contributed by atoms with Crippen molar-refractivity contribution in [2.24, 2.45) is 0 Å². The van der Waals surface area contributed by atoms with Crippen molar-refractivity contribution in [2.45, 2.75) is 13.8 Å². The van der Waals surface area contributed by atoms with Gasteiger partial charge in [-0.25, -0.2) is 0 Å². The van der Waals surface area contributed by atoms with Gasteiger partial charge in [0, 0.05) is 22.1 Å². The van der Waals surface area contributed by atoms with Gasteiger partial charge in [0.25, 0.3) is 5.91 Å². The predicted molar refractivity (Wildman–Crippen MR) is 122 cm³/mol. The average molecular weight is 425 g/mol. The lowest BCUT2D eigenvalue weighted by atomic mass is 10.2. The molecule has 1 amide bonds. The Morgan fingerprint density at radius 2 is 1.68 bits per heavy atom. The van der Waals surface area contributed by atoms with E-state index in [1.54, 1.807) is 4.90 Å². The zero-order valence-electron chi connectivity index (χ0n) is 15.3. The second-order valence-corrected chi connectivity index (χ2v) is 8.60. The van der Waals surface area contributed by atoms with Crippen LogP contribution in [0.5, 0.6) is 0 Å². The molecule has 3 aromatic rings. The van der Waals surface area contributed by atoms with Crippen LogP contribution in [0, 0.1) is 13.8 Å². The smallest absolute Gasteiger partial charge is 0.270 e. The van der Waals surface area contributed by atoms with E-state index in [0.717, 1.165) is 28.3 Å².